The molecule has 0 spiro atoms. The van der Waals surface area contributed by atoms with Crippen LogP contribution in [-0.4, -0.2) is 17.4 Å². The summed E-state index contributed by atoms with van der Waals surface area (Å²) in [7, 11) is 0. The summed E-state index contributed by atoms with van der Waals surface area (Å²) in [6.45, 7) is 2.70. The summed E-state index contributed by atoms with van der Waals surface area (Å²) in [6, 6.07) is 18.0. The predicted octanol–water partition coefficient (Wildman–Crippen LogP) is 3.25. The van der Waals surface area contributed by atoms with Gasteiger partial charge in [0, 0.05) is 18.3 Å². The van der Waals surface area contributed by atoms with Crippen LogP contribution >= 0.6 is 12.2 Å². The Labute approximate surface area is 136 Å². The van der Waals surface area contributed by atoms with E-state index in [1.165, 1.54) is 5.56 Å². The second kappa shape index (κ2) is 6.28. The fraction of sp³-hybridized carbons (Fsp3) is 0.222. The largest absolute Gasteiger partial charge is 0.365 e. The first-order valence-corrected chi connectivity index (χ1v) is 7.83. The molecule has 1 aliphatic rings. The highest BCUT2D eigenvalue weighted by Crippen LogP contribution is 2.27. The van der Waals surface area contributed by atoms with Gasteiger partial charge in [0.05, 0.1) is 0 Å². The summed E-state index contributed by atoms with van der Waals surface area (Å²) in [5.74, 6) is -0.122. The van der Waals surface area contributed by atoms with Gasteiger partial charge >= 0.3 is 0 Å². The predicted molar refractivity (Wildman–Crippen MR) is 93.1 cm³/mol. The molecule has 0 bridgehead atoms. The van der Waals surface area contributed by atoms with E-state index in [1.807, 2.05) is 55.5 Å². The molecule has 0 saturated carbocycles. The lowest BCUT2D eigenvalue weighted by atomic mass is 10.1. The van der Waals surface area contributed by atoms with Crippen molar-refractivity contribution in [1.82, 2.24) is 5.32 Å². The number of hydrogen-bond donors (Lipinski definition) is 1. The number of carbonyl (C=O) groups excluding carboxylic acids is 1. The molecule has 1 N–H and O–H groups in total. The maximum absolute atomic E-state index is 12.6. The Morgan fingerprint density at radius 3 is 2.59 bits per heavy atom. The first kappa shape index (κ1) is 14.7. The maximum Gasteiger partial charge on any atom is 0.285 e. The zero-order valence-corrected chi connectivity index (χ0v) is 13.3. The Hall–Kier alpha value is -2.20. The van der Waals surface area contributed by atoms with Crippen molar-refractivity contribution in [3.8, 4) is 0 Å². The summed E-state index contributed by atoms with van der Waals surface area (Å²) in [4.78, 5) is 14.6. The summed E-state index contributed by atoms with van der Waals surface area (Å²) in [5.41, 5.74) is 3.29. The molecule has 2 aromatic carbocycles. The van der Waals surface area contributed by atoms with Crippen LogP contribution in [-0.2, 0) is 11.2 Å². The highest BCUT2D eigenvalue weighted by atomic mass is 32.1. The molecule has 1 amide bonds. The van der Waals surface area contributed by atoms with Crippen molar-refractivity contribution in [2.75, 3.05) is 11.4 Å². The quantitative estimate of drug-likeness (QED) is 0.864. The fourth-order valence-corrected chi connectivity index (χ4v) is 3.04. The van der Waals surface area contributed by atoms with Crippen LogP contribution in [0.2, 0.25) is 0 Å². The standard InChI is InChI=1S/C18H18N2OS/c1-13(14-7-3-2-4-8-14)19-17(22)18(21)20-12-11-15-9-5-6-10-16(15)20/h2-10,13H,11-12H2,1H3,(H,19,22). The number of para-hydroxylation sites is 1. The fourth-order valence-electron chi connectivity index (χ4n) is 2.76. The molecule has 22 heavy (non-hydrogen) atoms. The van der Waals surface area contributed by atoms with E-state index < -0.39 is 0 Å². The number of carbonyl (C=O) groups is 1. The summed E-state index contributed by atoms with van der Waals surface area (Å²) >= 11 is 5.32. The Balaban J connectivity index is 1.70. The molecule has 0 aliphatic carbocycles. The van der Waals surface area contributed by atoms with Gasteiger partial charge in [0.1, 0.15) is 0 Å². The minimum atomic E-state index is -0.122. The van der Waals surface area contributed by atoms with Crippen LogP contribution in [0.25, 0.3) is 0 Å². The van der Waals surface area contributed by atoms with Crippen molar-refractivity contribution >= 4 is 28.8 Å². The third-order valence-corrected chi connectivity index (χ3v) is 4.27. The van der Waals surface area contributed by atoms with Crippen LogP contribution in [0.5, 0.6) is 0 Å². The molecule has 0 fully saturated rings. The zero-order valence-electron chi connectivity index (χ0n) is 12.5. The Kier molecular flexibility index (Phi) is 4.20. The third-order valence-electron chi connectivity index (χ3n) is 3.97. The normalized spacial score (nSPS) is 14.3. The van der Waals surface area contributed by atoms with Crippen LogP contribution in [0.4, 0.5) is 5.69 Å². The highest BCUT2D eigenvalue weighted by molar-refractivity contribution is 7.82. The molecule has 1 atom stereocenters. The molecule has 4 heteroatoms. The molecule has 2 aromatic rings. The summed E-state index contributed by atoms with van der Waals surface area (Å²) < 4.78 is 0. The summed E-state index contributed by atoms with van der Waals surface area (Å²) in [5, 5.41) is 3.14. The number of thiocarbonyl (C=S) groups is 1. The van der Waals surface area contributed by atoms with Gasteiger partial charge in [-0.2, -0.15) is 0 Å². The molecule has 1 aliphatic heterocycles. The van der Waals surface area contributed by atoms with Crippen molar-refractivity contribution in [2.45, 2.75) is 19.4 Å². The number of fused-ring (bicyclic) bond motifs is 1. The molecule has 3 nitrogen and oxygen atoms in total. The molecule has 0 aromatic heterocycles. The lowest BCUT2D eigenvalue weighted by molar-refractivity contribution is -0.112. The molecular formula is C18H18N2OS. The molecule has 1 unspecified atom stereocenters. The number of hydrogen-bond acceptors (Lipinski definition) is 2. The zero-order chi connectivity index (χ0) is 15.5. The van der Waals surface area contributed by atoms with Gasteiger partial charge in [0.25, 0.3) is 5.91 Å². The van der Waals surface area contributed by atoms with Crippen molar-refractivity contribution in [3.63, 3.8) is 0 Å². The van der Waals surface area contributed by atoms with E-state index in [4.69, 9.17) is 12.2 Å². The number of nitrogens with zero attached hydrogens (tertiary/aromatic N) is 1. The van der Waals surface area contributed by atoms with E-state index in [1.54, 1.807) is 4.90 Å². The van der Waals surface area contributed by atoms with Crippen LogP contribution in [0.1, 0.15) is 24.1 Å². The van der Waals surface area contributed by atoms with E-state index in [0.29, 0.717) is 6.54 Å². The Morgan fingerprint density at radius 1 is 1.14 bits per heavy atom. The molecular weight excluding hydrogens is 292 g/mol. The van der Waals surface area contributed by atoms with Crippen molar-refractivity contribution in [2.24, 2.45) is 0 Å². The van der Waals surface area contributed by atoms with Gasteiger partial charge < -0.3 is 10.2 Å². The van der Waals surface area contributed by atoms with Crippen molar-refractivity contribution in [3.05, 3.63) is 65.7 Å². The second-order valence-electron chi connectivity index (χ2n) is 5.44. The van der Waals surface area contributed by atoms with Gasteiger partial charge in [0.15, 0.2) is 4.99 Å². The minimum Gasteiger partial charge on any atom is -0.365 e. The van der Waals surface area contributed by atoms with Gasteiger partial charge in [-0.1, -0.05) is 60.7 Å². The molecule has 0 radical (unpaired) electrons. The van der Waals surface area contributed by atoms with E-state index in [9.17, 15) is 4.79 Å². The Morgan fingerprint density at radius 2 is 1.82 bits per heavy atom. The number of anilines is 1. The van der Waals surface area contributed by atoms with E-state index in [0.717, 1.165) is 17.7 Å². The lowest BCUT2D eigenvalue weighted by Gasteiger charge is -2.21. The molecule has 112 valence electrons. The molecule has 0 saturated heterocycles. The van der Waals surface area contributed by atoms with Gasteiger partial charge in [-0.3, -0.25) is 4.79 Å². The minimum absolute atomic E-state index is 0.00972. The topological polar surface area (TPSA) is 32.3 Å². The SMILES string of the molecule is CC(NC(=S)C(=O)N1CCc2ccccc21)c1ccccc1. The smallest absolute Gasteiger partial charge is 0.285 e. The number of benzene rings is 2. The highest BCUT2D eigenvalue weighted by Gasteiger charge is 2.27. The maximum atomic E-state index is 12.6. The van der Waals surface area contributed by atoms with Gasteiger partial charge in [0.2, 0.25) is 0 Å². The Bertz CT molecular complexity index is 699. The van der Waals surface area contributed by atoms with E-state index in [-0.39, 0.29) is 16.9 Å². The van der Waals surface area contributed by atoms with Crippen LogP contribution in [0, 0.1) is 0 Å². The first-order chi connectivity index (χ1) is 10.7. The summed E-state index contributed by atoms with van der Waals surface area (Å²) in [6.07, 6.45) is 0.888. The lowest BCUT2D eigenvalue weighted by Crippen LogP contribution is -2.42. The molecule has 1 heterocycles. The monoisotopic (exact) mass is 310 g/mol. The van der Waals surface area contributed by atoms with Crippen LogP contribution < -0.4 is 10.2 Å². The number of nitrogens with one attached hydrogen (secondary N) is 1. The number of amides is 1. The van der Waals surface area contributed by atoms with Crippen molar-refractivity contribution < 1.29 is 4.79 Å². The van der Waals surface area contributed by atoms with E-state index >= 15 is 0 Å². The van der Waals surface area contributed by atoms with Crippen LogP contribution in [0.3, 0.4) is 0 Å². The van der Waals surface area contributed by atoms with Gasteiger partial charge in [-0.25, -0.2) is 0 Å². The third kappa shape index (κ3) is 2.88. The average molecular weight is 310 g/mol. The number of rotatable bonds is 2. The average Bonchev–Trinajstić information content (AvgIpc) is 2.99. The van der Waals surface area contributed by atoms with E-state index in [2.05, 4.69) is 11.4 Å². The molecule has 3 rings (SSSR count). The van der Waals surface area contributed by atoms with Crippen LogP contribution in [0.15, 0.2) is 54.6 Å². The first-order valence-electron chi connectivity index (χ1n) is 7.42. The second-order valence-corrected chi connectivity index (χ2v) is 5.85. The van der Waals surface area contributed by atoms with Gasteiger partial charge in [-0.05, 0) is 30.5 Å². The van der Waals surface area contributed by atoms with Gasteiger partial charge in [-0.15, -0.1) is 0 Å². The van der Waals surface area contributed by atoms with Crippen molar-refractivity contribution in [1.29, 1.82) is 0 Å².